The van der Waals surface area contributed by atoms with Crippen LogP contribution in [0.3, 0.4) is 0 Å². The quantitative estimate of drug-likeness (QED) is 0.419. The van der Waals surface area contributed by atoms with Gasteiger partial charge in [-0.25, -0.2) is 0 Å². The fourth-order valence-electron chi connectivity index (χ4n) is 2.98. The van der Waals surface area contributed by atoms with E-state index in [0.717, 1.165) is 50.6 Å². The van der Waals surface area contributed by atoms with E-state index in [4.69, 9.17) is 9.15 Å². The van der Waals surface area contributed by atoms with Crippen LogP contribution in [0, 0.1) is 5.92 Å². The molecule has 1 amide bonds. The highest BCUT2D eigenvalue weighted by Gasteiger charge is 2.23. The van der Waals surface area contributed by atoms with Gasteiger partial charge in [0.15, 0.2) is 5.96 Å². The van der Waals surface area contributed by atoms with Crippen molar-refractivity contribution in [1.82, 2.24) is 15.5 Å². The molecule has 25 heavy (non-hydrogen) atoms. The number of piperidine rings is 1. The van der Waals surface area contributed by atoms with Gasteiger partial charge in [-0.05, 0) is 30.9 Å². The van der Waals surface area contributed by atoms with Crippen molar-refractivity contribution in [3.05, 3.63) is 24.2 Å². The molecule has 2 heterocycles. The monoisotopic (exact) mass is 350 g/mol. The fourth-order valence-corrected chi connectivity index (χ4v) is 2.98. The lowest BCUT2D eigenvalue weighted by Gasteiger charge is -2.34. The third-order valence-electron chi connectivity index (χ3n) is 4.46. The van der Waals surface area contributed by atoms with Crippen LogP contribution in [-0.2, 0) is 16.0 Å². The molecule has 0 saturated carbocycles. The molecule has 7 nitrogen and oxygen atoms in total. The van der Waals surface area contributed by atoms with Gasteiger partial charge in [-0.1, -0.05) is 0 Å². The van der Waals surface area contributed by atoms with Gasteiger partial charge in [-0.2, -0.15) is 0 Å². The first-order chi connectivity index (χ1) is 12.2. The molecule has 0 aliphatic carbocycles. The predicted molar refractivity (Wildman–Crippen MR) is 97.6 cm³/mol. The van der Waals surface area contributed by atoms with Crippen molar-refractivity contribution in [2.75, 3.05) is 46.9 Å². The van der Waals surface area contributed by atoms with Crippen LogP contribution in [0.2, 0.25) is 0 Å². The third kappa shape index (κ3) is 6.78. The Balaban J connectivity index is 1.83. The number of furan rings is 1. The lowest BCUT2D eigenvalue weighted by molar-refractivity contribution is -0.121. The maximum atomic E-state index is 11.5. The maximum absolute atomic E-state index is 11.5. The summed E-state index contributed by atoms with van der Waals surface area (Å²) in [6, 6.07) is 3.88. The molecule has 0 aromatic carbocycles. The van der Waals surface area contributed by atoms with E-state index in [1.54, 1.807) is 20.4 Å². The summed E-state index contributed by atoms with van der Waals surface area (Å²) in [6.07, 6.45) is 5.16. The number of hydrogen-bond acceptors (Lipinski definition) is 4. The Morgan fingerprint density at radius 3 is 2.88 bits per heavy atom. The molecule has 1 aromatic rings. The number of ether oxygens (including phenoxy) is 1. The molecule has 1 aromatic heterocycles. The molecule has 0 bridgehead atoms. The molecule has 0 spiro atoms. The number of aliphatic imine (C=N–C) groups is 1. The molecule has 2 rings (SSSR count). The van der Waals surface area contributed by atoms with Crippen LogP contribution in [0.1, 0.15) is 25.0 Å². The van der Waals surface area contributed by atoms with Crippen LogP contribution < -0.4 is 10.6 Å². The zero-order chi connectivity index (χ0) is 17.9. The number of likely N-dealkylation sites (tertiary alicyclic amines) is 1. The van der Waals surface area contributed by atoms with Gasteiger partial charge >= 0.3 is 0 Å². The van der Waals surface area contributed by atoms with Crippen molar-refractivity contribution in [1.29, 1.82) is 0 Å². The SMILES string of the molecule is CNC(=O)CC1CCN(C(=NCCOC)NCCc2ccco2)CC1. The van der Waals surface area contributed by atoms with Crippen LogP contribution in [0.25, 0.3) is 0 Å². The van der Waals surface area contributed by atoms with E-state index in [9.17, 15) is 4.79 Å². The minimum Gasteiger partial charge on any atom is -0.469 e. The second-order valence-electron chi connectivity index (χ2n) is 6.26. The predicted octanol–water partition coefficient (Wildman–Crippen LogP) is 1.26. The molecule has 1 saturated heterocycles. The summed E-state index contributed by atoms with van der Waals surface area (Å²) in [5, 5.41) is 6.14. The molecule has 0 atom stereocenters. The Labute approximate surface area is 149 Å². The number of carbonyl (C=O) groups is 1. The lowest BCUT2D eigenvalue weighted by atomic mass is 9.93. The topological polar surface area (TPSA) is 79.1 Å². The van der Waals surface area contributed by atoms with E-state index in [1.807, 2.05) is 12.1 Å². The number of nitrogens with zero attached hydrogens (tertiary/aromatic N) is 2. The molecule has 0 radical (unpaired) electrons. The smallest absolute Gasteiger partial charge is 0.220 e. The van der Waals surface area contributed by atoms with Gasteiger partial charge < -0.3 is 24.7 Å². The number of guanidine groups is 1. The van der Waals surface area contributed by atoms with Crippen LogP contribution >= 0.6 is 0 Å². The van der Waals surface area contributed by atoms with E-state index >= 15 is 0 Å². The number of carbonyl (C=O) groups excluding carboxylic acids is 1. The number of nitrogens with one attached hydrogen (secondary N) is 2. The summed E-state index contributed by atoms with van der Waals surface area (Å²) in [4.78, 5) is 18.5. The highest BCUT2D eigenvalue weighted by Crippen LogP contribution is 2.20. The Morgan fingerprint density at radius 2 is 2.24 bits per heavy atom. The van der Waals surface area contributed by atoms with Crippen molar-refractivity contribution >= 4 is 11.9 Å². The molecule has 0 unspecified atom stereocenters. The van der Waals surface area contributed by atoms with E-state index in [2.05, 4.69) is 20.5 Å². The Bertz CT molecular complexity index is 522. The molecule has 140 valence electrons. The van der Waals surface area contributed by atoms with Gasteiger partial charge in [0.2, 0.25) is 5.91 Å². The second kappa shape index (κ2) is 10.8. The van der Waals surface area contributed by atoms with Crippen molar-refractivity contribution in [2.24, 2.45) is 10.9 Å². The van der Waals surface area contributed by atoms with Gasteiger partial charge in [0.1, 0.15) is 5.76 Å². The summed E-state index contributed by atoms with van der Waals surface area (Å²) < 4.78 is 10.5. The zero-order valence-electron chi connectivity index (χ0n) is 15.3. The summed E-state index contributed by atoms with van der Waals surface area (Å²) in [6.45, 7) is 3.86. The Hall–Kier alpha value is -2.02. The number of rotatable bonds is 8. The van der Waals surface area contributed by atoms with E-state index in [-0.39, 0.29) is 5.91 Å². The van der Waals surface area contributed by atoms with Gasteiger partial charge in [0.25, 0.3) is 0 Å². The molecule has 1 aliphatic heterocycles. The molecule has 1 aliphatic rings. The molecular formula is C18H30N4O3. The minimum atomic E-state index is 0.129. The second-order valence-corrected chi connectivity index (χ2v) is 6.26. The summed E-state index contributed by atoms with van der Waals surface area (Å²) in [7, 11) is 3.38. The zero-order valence-corrected chi connectivity index (χ0v) is 15.3. The fraction of sp³-hybridized carbons (Fsp3) is 0.667. The normalized spacial score (nSPS) is 16.1. The first kappa shape index (κ1) is 19.3. The lowest BCUT2D eigenvalue weighted by Crippen LogP contribution is -2.46. The van der Waals surface area contributed by atoms with E-state index in [1.165, 1.54) is 0 Å². The van der Waals surface area contributed by atoms with Crippen molar-refractivity contribution < 1.29 is 13.9 Å². The number of methoxy groups -OCH3 is 1. The molecular weight excluding hydrogens is 320 g/mol. The summed E-state index contributed by atoms with van der Waals surface area (Å²) >= 11 is 0. The average Bonchev–Trinajstić information content (AvgIpc) is 3.14. The Kier molecular flexibility index (Phi) is 8.31. The molecule has 7 heteroatoms. The van der Waals surface area contributed by atoms with Gasteiger partial charge in [-0.15, -0.1) is 0 Å². The first-order valence-electron chi connectivity index (χ1n) is 8.98. The van der Waals surface area contributed by atoms with Crippen LogP contribution in [-0.4, -0.2) is 63.7 Å². The van der Waals surface area contributed by atoms with Gasteiger partial charge in [0, 0.05) is 46.6 Å². The molecule has 1 fully saturated rings. The first-order valence-corrected chi connectivity index (χ1v) is 8.98. The van der Waals surface area contributed by atoms with Crippen LogP contribution in [0.4, 0.5) is 0 Å². The molecule has 2 N–H and O–H groups in total. The maximum Gasteiger partial charge on any atom is 0.220 e. The largest absolute Gasteiger partial charge is 0.469 e. The van der Waals surface area contributed by atoms with Crippen molar-refractivity contribution in [2.45, 2.75) is 25.7 Å². The van der Waals surface area contributed by atoms with Crippen molar-refractivity contribution in [3.8, 4) is 0 Å². The van der Waals surface area contributed by atoms with E-state index < -0.39 is 0 Å². The third-order valence-corrected chi connectivity index (χ3v) is 4.46. The Morgan fingerprint density at radius 1 is 1.44 bits per heavy atom. The van der Waals surface area contributed by atoms with Gasteiger partial charge in [0.05, 0.1) is 19.4 Å². The van der Waals surface area contributed by atoms with Crippen LogP contribution in [0.15, 0.2) is 27.8 Å². The highest BCUT2D eigenvalue weighted by atomic mass is 16.5. The van der Waals surface area contributed by atoms with Crippen LogP contribution in [0.5, 0.6) is 0 Å². The van der Waals surface area contributed by atoms with Gasteiger partial charge in [-0.3, -0.25) is 9.79 Å². The number of amides is 1. The average molecular weight is 350 g/mol. The minimum absolute atomic E-state index is 0.129. The van der Waals surface area contributed by atoms with Crippen molar-refractivity contribution in [3.63, 3.8) is 0 Å². The van der Waals surface area contributed by atoms with E-state index in [0.29, 0.717) is 25.5 Å². The standard InChI is InChI=1S/C18H30N4O3/c1-19-17(23)14-15-6-10-22(11-7-15)18(21-9-13-24-2)20-8-5-16-4-3-12-25-16/h3-4,12,15H,5-11,13-14H2,1-2H3,(H,19,23)(H,20,21). The summed E-state index contributed by atoms with van der Waals surface area (Å²) in [5.41, 5.74) is 0. The highest BCUT2D eigenvalue weighted by molar-refractivity contribution is 5.80. The summed E-state index contributed by atoms with van der Waals surface area (Å²) in [5.74, 6) is 2.47. The number of hydrogen-bond donors (Lipinski definition) is 2.